The van der Waals surface area contributed by atoms with Crippen molar-refractivity contribution in [2.45, 2.75) is 26.7 Å². The number of carbonyl (C=O) groups is 2. The van der Waals surface area contributed by atoms with Crippen molar-refractivity contribution in [3.8, 4) is 0 Å². The minimum atomic E-state index is -0.164. The van der Waals surface area contributed by atoms with Crippen molar-refractivity contribution < 1.29 is 9.59 Å². The van der Waals surface area contributed by atoms with E-state index >= 15 is 0 Å². The summed E-state index contributed by atoms with van der Waals surface area (Å²) >= 11 is 0. The van der Waals surface area contributed by atoms with Crippen LogP contribution in [0.1, 0.15) is 34.3 Å². The fourth-order valence-electron chi connectivity index (χ4n) is 3.29. The van der Waals surface area contributed by atoms with Crippen LogP contribution in [0.3, 0.4) is 0 Å². The SMILES string of the molecule is Cc1cccc(C(=O)N2CCCC(C(=O)Nc3ccccc3)C2)c1C. The molecule has 2 aromatic rings. The number of hydrogen-bond acceptors (Lipinski definition) is 2. The summed E-state index contributed by atoms with van der Waals surface area (Å²) in [4.78, 5) is 27.3. The summed E-state index contributed by atoms with van der Waals surface area (Å²) < 4.78 is 0. The van der Waals surface area contributed by atoms with Crippen LogP contribution in [0.4, 0.5) is 5.69 Å². The maximum Gasteiger partial charge on any atom is 0.254 e. The van der Waals surface area contributed by atoms with Crippen LogP contribution in [0.2, 0.25) is 0 Å². The molecule has 130 valence electrons. The number of nitrogens with one attached hydrogen (secondary N) is 1. The van der Waals surface area contributed by atoms with Gasteiger partial charge < -0.3 is 10.2 Å². The second kappa shape index (κ2) is 7.51. The highest BCUT2D eigenvalue weighted by molar-refractivity contribution is 5.97. The number of anilines is 1. The van der Waals surface area contributed by atoms with Gasteiger partial charge in [0.1, 0.15) is 0 Å². The number of benzene rings is 2. The van der Waals surface area contributed by atoms with E-state index in [0.29, 0.717) is 13.1 Å². The monoisotopic (exact) mass is 336 g/mol. The van der Waals surface area contributed by atoms with E-state index in [0.717, 1.165) is 35.2 Å². The highest BCUT2D eigenvalue weighted by atomic mass is 16.2. The molecule has 1 atom stereocenters. The summed E-state index contributed by atoms with van der Waals surface area (Å²) in [6, 6.07) is 15.3. The molecule has 1 aliphatic rings. The first-order chi connectivity index (χ1) is 12.1. The van der Waals surface area contributed by atoms with E-state index in [9.17, 15) is 9.59 Å². The van der Waals surface area contributed by atoms with Crippen molar-refractivity contribution in [3.63, 3.8) is 0 Å². The number of nitrogens with zero attached hydrogens (tertiary/aromatic N) is 1. The van der Waals surface area contributed by atoms with Crippen LogP contribution in [0, 0.1) is 19.8 Å². The first-order valence-electron chi connectivity index (χ1n) is 8.77. The maximum absolute atomic E-state index is 12.9. The Morgan fingerprint density at radius 3 is 2.56 bits per heavy atom. The van der Waals surface area contributed by atoms with Crippen LogP contribution in [0.25, 0.3) is 0 Å². The molecule has 1 saturated heterocycles. The minimum absolute atomic E-state index is 0.00957. The lowest BCUT2D eigenvalue weighted by Crippen LogP contribution is -2.44. The Kier molecular flexibility index (Phi) is 5.17. The average Bonchev–Trinajstić information content (AvgIpc) is 2.64. The van der Waals surface area contributed by atoms with Gasteiger partial charge in [-0.05, 0) is 56.0 Å². The highest BCUT2D eigenvalue weighted by Gasteiger charge is 2.29. The number of carbonyl (C=O) groups excluding carboxylic acids is 2. The molecule has 1 N–H and O–H groups in total. The number of piperidine rings is 1. The summed E-state index contributed by atoms with van der Waals surface area (Å²) in [5.41, 5.74) is 3.67. The summed E-state index contributed by atoms with van der Waals surface area (Å²) in [5, 5.41) is 2.95. The number of aryl methyl sites for hydroxylation is 1. The van der Waals surface area contributed by atoms with E-state index < -0.39 is 0 Å². The van der Waals surface area contributed by atoms with Crippen LogP contribution in [-0.2, 0) is 4.79 Å². The largest absolute Gasteiger partial charge is 0.338 e. The number of hydrogen-bond donors (Lipinski definition) is 1. The van der Waals surface area contributed by atoms with Crippen LogP contribution in [0.15, 0.2) is 48.5 Å². The number of rotatable bonds is 3. The maximum atomic E-state index is 12.9. The van der Waals surface area contributed by atoms with Crippen molar-refractivity contribution in [3.05, 3.63) is 65.2 Å². The summed E-state index contributed by atoms with van der Waals surface area (Å²) in [5.74, 6) is -0.147. The van der Waals surface area contributed by atoms with E-state index in [2.05, 4.69) is 5.32 Å². The van der Waals surface area contributed by atoms with Crippen LogP contribution < -0.4 is 5.32 Å². The third kappa shape index (κ3) is 3.90. The smallest absolute Gasteiger partial charge is 0.254 e. The molecule has 2 amide bonds. The number of amides is 2. The molecule has 2 aromatic carbocycles. The lowest BCUT2D eigenvalue weighted by Gasteiger charge is -2.32. The average molecular weight is 336 g/mol. The molecule has 0 radical (unpaired) electrons. The van der Waals surface area contributed by atoms with Gasteiger partial charge in [-0.3, -0.25) is 9.59 Å². The molecular weight excluding hydrogens is 312 g/mol. The third-order valence-corrected chi connectivity index (χ3v) is 4.96. The molecule has 1 fully saturated rings. The highest BCUT2D eigenvalue weighted by Crippen LogP contribution is 2.22. The van der Waals surface area contributed by atoms with E-state index in [1.807, 2.05) is 67.3 Å². The number of para-hydroxylation sites is 1. The Balaban J connectivity index is 1.69. The molecule has 0 saturated carbocycles. The minimum Gasteiger partial charge on any atom is -0.338 e. The Morgan fingerprint density at radius 2 is 1.80 bits per heavy atom. The standard InChI is InChI=1S/C21H24N2O2/c1-15-8-6-12-19(16(15)2)21(25)23-13-7-9-17(14-23)20(24)22-18-10-4-3-5-11-18/h3-6,8,10-12,17H,7,9,13-14H2,1-2H3,(H,22,24). The Labute approximate surface area is 148 Å². The lowest BCUT2D eigenvalue weighted by atomic mass is 9.95. The molecule has 0 aromatic heterocycles. The molecule has 0 spiro atoms. The summed E-state index contributed by atoms with van der Waals surface area (Å²) in [7, 11) is 0. The molecule has 0 aliphatic carbocycles. The van der Waals surface area contributed by atoms with Gasteiger partial charge in [0.2, 0.25) is 5.91 Å². The lowest BCUT2D eigenvalue weighted by molar-refractivity contribution is -0.121. The molecule has 0 bridgehead atoms. The fraction of sp³-hybridized carbons (Fsp3) is 0.333. The first-order valence-corrected chi connectivity index (χ1v) is 8.77. The van der Waals surface area contributed by atoms with Crippen molar-refractivity contribution in [2.24, 2.45) is 5.92 Å². The summed E-state index contributed by atoms with van der Waals surface area (Å²) in [6.45, 7) is 5.18. The topological polar surface area (TPSA) is 49.4 Å². The van der Waals surface area contributed by atoms with Gasteiger partial charge in [0.05, 0.1) is 5.92 Å². The van der Waals surface area contributed by atoms with Gasteiger partial charge in [0, 0.05) is 24.3 Å². The Hall–Kier alpha value is -2.62. The molecular formula is C21H24N2O2. The Bertz CT molecular complexity index is 771. The fourth-order valence-corrected chi connectivity index (χ4v) is 3.29. The van der Waals surface area contributed by atoms with Gasteiger partial charge in [0.25, 0.3) is 5.91 Å². The van der Waals surface area contributed by atoms with Crippen molar-refractivity contribution in [1.82, 2.24) is 4.90 Å². The number of likely N-dealkylation sites (tertiary alicyclic amines) is 1. The normalized spacial score (nSPS) is 17.2. The second-order valence-electron chi connectivity index (χ2n) is 6.69. The molecule has 4 heteroatoms. The van der Waals surface area contributed by atoms with Gasteiger partial charge in [-0.1, -0.05) is 30.3 Å². The van der Waals surface area contributed by atoms with Crippen molar-refractivity contribution in [1.29, 1.82) is 0 Å². The zero-order valence-corrected chi connectivity index (χ0v) is 14.8. The van der Waals surface area contributed by atoms with Gasteiger partial charge in [-0.15, -0.1) is 0 Å². The van der Waals surface area contributed by atoms with E-state index in [4.69, 9.17) is 0 Å². The first kappa shape index (κ1) is 17.2. The predicted molar refractivity (Wildman–Crippen MR) is 99.6 cm³/mol. The van der Waals surface area contributed by atoms with E-state index in [1.54, 1.807) is 0 Å². The van der Waals surface area contributed by atoms with Gasteiger partial charge in [-0.25, -0.2) is 0 Å². The third-order valence-electron chi connectivity index (χ3n) is 4.96. The zero-order valence-electron chi connectivity index (χ0n) is 14.8. The van der Waals surface area contributed by atoms with E-state index in [1.165, 1.54) is 0 Å². The van der Waals surface area contributed by atoms with Crippen molar-refractivity contribution >= 4 is 17.5 Å². The second-order valence-corrected chi connectivity index (χ2v) is 6.69. The quantitative estimate of drug-likeness (QED) is 0.927. The van der Waals surface area contributed by atoms with Gasteiger partial charge >= 0.3 is 0 Å². The van der Waals surface area contributed by atoms with Gasteiger partial charge in [-0.2, -0.15) is 0 Å². The van der Waals surface area contributed by atoms with Gasteiger partial charge in [0.15, 0.2) is 0 Å². The van der Waals surface area contributed by atoms with Crippen LogP contribution in [-0.4, -0.2) is 29.8 Å². The van der Waals surface area contributed by atoms with Crippen LogP contribution in [0.5, 0.6) is 0 Å². The van der Waals surface area contributed by atoms with Crippen molar-refractivity contribution in [2.75, 3.05) is 18.4 Å². The molecule has 1 unspecified atom stereocenters. The molecule has 1 aliphatic heterocycles. The zero-order chi connectivity index (χ0) is 17.8. The molecule has 4 nitrogen and oxygen atoms in total. The predicted octanol–water partition coefficient (Wildman–Crippen LogP) is 3.79. The molecule has 25 heavy (non-hydrogen) atoms. The summed E-state index contributed by atoms with van der Waals surface area (Å²) in [6.07, 6.45) is 1.67. The molecule has 3 rings (SSSR count). The van der Waals surface area contributed by atoms with E-state index in [-0.39, 0.29) is 17.7 Å². The Morgan fingerprint density at radius 1 is 1.04 bits per heavy atom. The molecule has 1 heterocycles. The van der Waals surface area contributed by atoms with Crippen LogP contribution >= 0.6 is 0 Å².